The SMILES string of the molecule is COc1cc(C(F)F)ncc1NC(=O)N(c1ccccc1C(C)C)C1CCC(C(=O)O)CC1. The summed E-state index contributed by atoms with van der Waals surface area (Å²) in [6.07, 6.45) is 0.421. The molecule has 1 aromatic heterocycles. The normalized spacial score (nSPS) is 18.3. The lowest BCUT2D eigenvalue weighted by atomic mass is 9.85. The van der Waals surface area contributed by atoms with Gasteiger partial charge in [-0.2, -0.15) is 0 Å². The first kappa shape index (κ1) is 24.4. The summed E-state index contributed by atoms with van der Waals surface area (Å²) in [6.45, 7) is 4.07. The number of methoxy groups -OCH3 is 1. The summed E-state index contributed by atoms with van der Waals surface area (Å²) >= 11 is 0. The van der Waals surface area contributed by atoms with Crippen LogP contribution < -0.4 is 15.0 Å². The van der Waals surface area contributed by atoms with Crippen LogP contribution in [0.3, 0.4) is 0 Å². The van der Waals surface area contributed by atoms with E-state index in [0.29, 0.717) is 25.7 Å². The number of carbonyl (C=O) groups excluding carboxylic acids is 1. The molecule has 0 aliphatic heterocycles. The molecule has 9 heteroatoms. The number of hydrogen-bond donors (Lipinski definition) is 2. The van der Waals surface area contributed by atoms with Gasteiger partial charge in [0.2, 0.25) is 0 Å². The van der Waals surface area contributed by atoms with Crippen molar-refractivity contribution < 1.29 is 28.2 Å². The first-order valence-corrected chi connectivity index (χ1v) is 11.0. The van der Waals surface area contributed by atoms with Gasteiger partial charge in [0, 0.05) is 17.8 Å². The minimum Gasteiger partial charge on any atom is -0.494 e. The van der Waals surface area contributed by atoms with Crippen molar-refractivity contribution in [2.75, 3.05) is 17.3 Å². The molecule has 0 radical (unpaired) electrons. The van der Waals surface area contributed by atoms with Gasteiger partial charge in [-0.3, -0.25) is 14.7 Å². The number of aliphatic carboxylic acids is 1. The summed E-state index contributed by atoms with van der Waals surface area (Å²) in [4.78, 5) is 30.3. The molecule has 2 aromatic rings. The van der Waals surface area contributed by atoms with Gasteiger partial charge >= 0.3 is 12.0 Å². The Kier molecular flexibility index (Phi) is 7.84. The van der Waals surface area contributed by atoms with Crippen molar-refractivity contribution in [2.45, 2.75) is 57.9 Å². The van der Waals surface area contributed by atoms with Crippen LogP contribution in [0.5, 0.6) is 5.75 Å². The number of para-hydroxylation sites is 1. The zero-order valence-electron chi connectivity index (χ0n) is 18.9. The standard InChI is InChI=1S/C24H29F2N3O4/c1-14(2)17-6-4-5-7-20(17)29(16-10-8-15(9-11-16)23(30)31)24(32)28-19-13-27-18(22(25)26)12-21(19)33-3/h4-7,12-16,22H,8-11H2,1-3H3,(H,28,32)(H,30,31). The number of pyridine rings is 1. The van der Waals surface area contributed by atoms with Crippen LogP contribution in [0.4, 0.5) is 25.0 Å². The fourth-order valence-electron chi connectivity index (χ4n) is 4.26. The molecule has 3 rings (SSSR count). The third-order valence-electron chi connectivity index (χ3n) is 6.02. The van der Waals surface area contributed by atoms with Gasteiger partial charge in [0.25, 0.3) is 6.43 Å². The zero-order valence-corrected chi connectivity index (χ0v) is 18.9. The molecule has 2 N–H and O–H groups in total. The maximum Gasteiger partial charge on any atom is 0.326 e. The van der Waals surface area contributed by atoms with Crippen molar-refractivity contribution in [3.8, 4) is 5.75 Å². The monoisotopic (exact) mass is 461 g/mol. The second-order valence-corrected chi connectivity index (χ2v) is 8.47. The molecule has 1 aliphatic rings. The van der Waals surface area contributed by atoms with Crippen molar-refractivity contribution in [2.24, 2.45) is 5.92 Å². The van der Waals surface area contributed by atoms with Crippen LogP contribution in [0, 0.1) is 5.92 Å². The molecule has 178 valence electrons. The van der Waals surface area contributed by atoms with E-state index in [-0.39, 0.29) is 23.4 Å². The predicted molar refractivity (Wildman–Crippen MR) is 121 cm³/mol. The lowest BCUT2D eigenvalue weighted by Crippen LogP contribution is -2.46. The smallest absolute Gasteiger partial charge is 0.326 e. The third kappa shape index (κ3) is 5.58. The van der Waals surface area contributed by atoms with E-state index in [2.05, 4.69) is 10.3 Å². The lowest BCUT2D eigenvalue weighted by molar-refractivity contribution is -0.142. The number of hydrogen-bond acceptors (Lipinski definition) is 4. The molecule has 33 heavy (non-hydrogen) atoms. The van der Waals surface area contributed by atoms with Crippen molar-refractivity contribution >= 4 is 23.4 Å². The highest BCUT2D eigenvalue weighted by molar-refractivity contribution is 6.03. The number of alkyl halides is 2. The van der Waals surface area contributed by atoms with Crippen molar-refractivity contribution in [3.63, 3.8) is 0 Å². The van der Waals surface area contributed by atoms with Gasteiger partial charge in [-0.1, -0.05) is 32.0 Å². The largest absolute Gasteiger partial charge is 0.494 e. The second kappa shape index (κ2) is 10.6. The molecule has 7 nitrogen and oxygen atoms in total. The van der Waals surface area contributed by atoms with E-state index in [0.717, 1.165) is 23.5 Å². The number of carboxylic acids is 1. The van der Waals surface area contributed by atoms with Crippen LogP contribution in [-0.2, 0) is 4.79 Å². The summed E-state index contributed by atoms with van der Waals surface area (Å²) in [5, 5.41) is 12.1. The average Bonchev–Trinajstić information content (AvgIpc) is 2.80. The Morgan fingerprint density at radius 3 is 2.42 bits per heavy atom. The molecule has 1 heterocycles. The molecule has 0 unspecified atom stereocenters. The van der Waals surface area contributed by atoms with Gasteiger partial charge < -0.3 is 15.2 Å². The molecule has 0 saturated heterocycles. The Balaban J connectivity index is 1.95. The maximum absolute atomic E-state index is 13.6. The molecule has 1 fully saturated rings. The molecule has 1 aliphatic carbocycles. The summed E-state index contributed by atoms with van der Waals surface area (Å²) in [5.41, 5.74) is 1.45. The Bertz CT molecular complexity index is 991. The van der Waals surface area contributed by atoms with Crippen molar-refractivity contribution in [3.05, 3.63) is 47.8 Å². The van der Waals surface area contributed by atoms with E-state index in [1.165, 1.54) is 7.11 Å². The molecular formula is C24H29F2N3O4. The molecular weight excluding hydrogens is 432 g/mol. The van der Waals surface area contributed by atoms with Crippen LogP contribution in [0.15, 0.2) is 36.5 Å². The number of halogens is 2. The van der Waals surface area contributed by atoms with Crippen LogP contribution in [0.2, 0.25) is 0 Å². The average molecular weight is 462 g/mol. The zero-order chi connectivity index (χ0) is 24.1. The number of benzene rings is 1. The molecule has 0 bridgehead atoms. The number of carboxylic acid groups (broad SMARTS) is 1. The van der Waals surface area contributed by atoms with E-state index in [9.17, 15) is 23.5 Å². The number of rotatable bonds is 7. The summed E-state index contributed by atoms with van der Waals surface area (Å²) in [7, 11) is 1.33. The Morgan fingerprint density at radius 1 is 1.18 bits per heavy atom. The van der Waals surface area contributed by atoms with Gasteiger partial charge in [0.15, 0.2) is 0 Å². The first-order chi connectivity index (χ1) is 15.7. The van der Waals surface area contributed by atoms with Crippen molar-refractivity contribution in [1.82, 2.24) is 4.98 Å². The number of anilines is 2. The Hall–Kier alpha value is -3.23. The highest BCUT2D eigenvalue weighted by atomic mass is 19.3. The maximum atomic E-state index is 13.6. The van der Waals surface area contributed by atoms with E-state index in [1.54, 1.807) is 4.90 Å². The number of nitrogens with one attached hydrogen (secondary N) is 1. The fourth-order valence-corrected chi connectivity index (χ4v) is 4.26. The number of ether oxygens (including phenoxy) is 1. The number of aromatic nitrogens is 1. The van der Waals surface area contributed by atoms with Crippen LogP contribution in [-0.4, -0.2) is 35.2 Å². The van der Waals surface area contributed by atoms with Gasteiger partial charge in [0.1, 0.15) is 17.1 Å². The molecule has 0 atom stereocenters. The first-order valence-electron chi connectivity index (χ1n) is 11.0. The molecule has 0 spiro atoms. The highest BCUT2D eigenvalue weighted by Crippen LogP contribution is 2.36. The second-order valence-electron chi connectivity index (χ2n) is 8.47. The van der Waals surface area contributed by atoms with E-state index in [4.69, 9.17) is 4.74 Å². The lowest BCUT2D eigenvalue weighted by Gasteiger charge is -2.37. The van der Waals surface area contributed by atoms with Crippen molar-refractivity contribution in [1.29, 1.82) is 0 Å². The summed E-state index contributed by atoms with van der Waals surface area (Å²) in [5.74, 6) is -1.01. The Labute approximate surface area is 191 Å². The summed E-state index contributed by atoms with van der Waals surface area (Å²) in [6, 6.07) is 8.03. The fraction of sp³-hybridized carbons (Fsp3) is 0.458. The minimum atomic E-state index is -2.76. The number of carbonyl (C=O) groups is 2. The molecule has 1 saturated carbocycles. The predicted octanol–water partition coefficient (Wildman–Crippen LogP) is 5.83. The number of amides is 2. The highest BCUT2D eigenvalue weighted by Gasteiger charge is 2.34. The number of nitrogens with zero attached hydrogens (tertiary/aromatic N) is 2. The van der Waals surface area contributed by atoms with E-state index >= 15 is 0 Å². The summed E-state index contributed by atoms with van der Waals surface area (Å²) < 4.78 is 31.2. The van der Waals surface area contributed by atoms with Gasteiger partial charge in [0.05, 0.1) is 19.2 Å². The topological polar surface area (TPSA) is 91.8 Å². The minimum absolute atomic E-state index is 0.0836. The van der Waals surface area contributed by atoms with Crippen LogP contribution in [0.25, 0.3) is 0 Å². The molecule has 1 aromatic carbocycles. The van der Waals surface area contributed by atoms with Gasteiger partial charge in [-0.25, -0.2) is 13.6 Å². The number of urea groups is 1. The quantitative estimate of drug-likeness (QED) is 0.541. The van der Waals surface area contributed by atoms with E-state index in [1.807, 2.05) is 38.1 Å². The Morgan fingerprint density at radius 2 is 1.85 bits per heavy atom. The van der Waals surface area contributed by atoms with Gasteiger partial charge in [-0.05, 0) is 43.2 Å². The third-order valence-corrected chi connectivity index (χ3v) is 6.02. The molecule has 2 amide bonds. The van der Waals surface area contributed by atoms with Crippen LogP contribution in [0.1, 0.15) is 63.1 Å². The van der Waals surface area contributed by atoms with Crippen LogP contribution >= 0.6 is 0 Å². The van der Waals surface area contributed by atoms with E-state index < -0.39 is 30.0 Å². The van der Waals surface area contributed by atoms with Gasteiger partial charge in [-0.15, -0.1) is 0 Å².